The first kappa shape index (κ1) is 12.5. The smallest absolute Gasteiger partial charge is 0.305 e. The Labute approximate surface area is 81.7 Å². The molecule has 0 aromatic rings. The second-order valence-electron chi connectivity index (χ2n) is 3.53. The molecule has 0 saturated carbocycles. The Morgan fingerprint density at radius 2 is 2.00 bits per heavy atom. The van der Waals surface area contributed by atoms with E-state index < -0.39 is 0 Å². The molecule has 13 heavy (non-hydrogen) atoms. The molecular formula is C11H22O2. The summed E-state index contributed by atoms with van der Waals surface area (Å²) in [7, 11) is 1.45. The van der Waals surface area contributed by atoms with Gasteiger partial charge in [0.25, 0.3) is 0 Å². The highest BCUT2D eigenvalue weighted by molar-refractivity contribution is 5.68. The first-order valence-electron chi connectivity index (χ1n) is 5.31. The van der Waals surface area contributed by atoms with E-state index in [0.717, 1.165) is 12.3 Å². The van der Waals surface area contributed by atoms with Gasteiger partial charge in [-0.25, -0.2) is 0 Å². The van der Waals surface area contributed by atoms with Crippen LogP contribution in [0.3, 0.4) is 0 Å². The van der Waals surface area contributed by atoms with E-state index in [4.69, 9.17) is 0 Å². The van der Waals surface area contributed by atoms with Crippen LogP contribution in [-0.2, 0) is 9.53 Å². The lowest BCUT2D eigenvalue weighted by atomic mass is 9.95. The van der Waals surface area contributed by atoms with Crippen LogP contribution in [0.1, 0.15) is 52.4 Å². The van der Waals surface area contributed by atoms with Crippen LogP contribution in [0.15, 0.2) is 0 Å². The third-order valence-electron chi connectivity index (χ3n) is 2.50. The van der Waals surface area contributed by atoms with E-state index in [1.54, 1.807) is 0 Å². The number of methoxy groups -OCH3 is 1. The molecule has 2 heteroatoms. The molecule has 0 amide bonds. The Balaban J connectivity index is 3.42. The van der Waals surface area contributed by atoms with Gasteiger partial charge in [-0.2, -0.15) is 0 Å². The summed E-state index contributed by atoms with van der Waals surface area (Å²) >= 11 is 0. The molecule has 0 aliphatic carbocycles. The van der Waals surface area contributed by atoms with Crippen molar-refractivity contribution in [3.05, 3.63) is 0 Å². The molecule has 0 N–H and O–H groups in total. The predicted molar refractivity (Wildman–Crippen MR) is 54.6 cm³/mol. The summed E-state index contributed by atoms with van der Waals surface area (Å²) in [6.45, 7) is 4.43. The largest absolute Gasteiger partial charge is 0.469 e. The summed E-state index contributed by atoms with van der Waals surface area (Å²) in [5.41, 5.74) is 0. The molecule has 1 unspecified atom stereocenters. The van der Waals surface area contributed by atoms with Gasteiger partial charge in [0.2, 0.25) is 0 Å². The number of esters is 1. The van der Waals surface area contributed by atoms with Crippen molar-refractivity contribution in [3.8, 4) is 0 Å². The normalized spacial score (nSPS) is 12.5. The van der Waals surface area contributed by atoms with E-state index in [2.05, 4.69) is 18.6 Å². The average molecular weight is 186 g/mol. The van der Waals surface area contributed by atoms with Gasteiger partial charge < -0.3 is 4.74 Å². The number of carbonyl (C=O) groups excluding carboxylic acids is 1. The molecule has 78 valence electrons. The molecular weight excluding hydrogens is 164 g/mol. The minimum absolute atomic E-state index is 0.0775. The van der Waals surface area contributed by atoms with Gasteiger partial charge in [-0.1, -0.05) is 33.1 Å². The van der Waals surface area contributed by atoms with Crippen LogP contribution in [0.5, 0.6) is 0 Å². The van der Waals surface area contributed by atoms with Crippen molar-refractivity contribution in [2.75, 3.05) is 7.11 Å². The topological polar surface area (TPSA) is 26.3 Å². The van der Waals surface area contributed by atoms with Gasteiger partial charge in [-0.05, 0) is 18.8 Å². The molecule has 0 radical (unpaired) electrons. The molecule has 0 fully saturated rings. The van der Waals surface area contributed by atoms with Crippen LogP contribution in [-0.4, -0.2) is 13.1 Å². The predicted octanol–water partition coefficient (Wildman–Crippen LogP) is 3.16. The highest BCUT2D eigenvalue weighted by atomic mass is 16.5. The number of hydrogen-bond acceptors (Lipinski definition) is 2. The summed E-state index contributed by atoms with van der Waals surface area (Å²) in [6.07, 6.45) is 6.49. The van der Waals surface area contributed by atoms with Crippen molar-refractivity contribution in [1.82, 2.24) is 0 Å². The zero-order valence-corrected chi connectivity index (χ0v) is 9.14. The molecule has 0 aromatic carbocycles. The maximum atomic E-state index is 10.8. The highest BCUT2D eigenvalue weighted by Gasteiger charge is 2.06. The summed E-state index contributed by atoms with van der Waals surface area (Å²) in [4.78, 5) is 10.8. The molecule has 2 nitrogen and oxygen atoms in total. The fourth-order valence-electron chi connectivity index (χ4n) is 1.60. The summed E-state index contributed by atoms with van der Waals surface area (Å²) in [6, 6.07) is 0. The van der Waals surface area contributed by atoms with Crippen molar-refractivity contribution >= 4 is 5.97 Å². The Bertz CT molecular complexity index is 132. The van der Waals surface area contributed by atoms with E-state index in [1.165, 1.54) is 32.8 Å². The van der Waals surface area contributed by atoms with Gasteiger partial charge in [-0.3, -0.25) is 4.79 Å². The fraction of sp³-hybridized carbons (Fsp3) is 0.909. The quantitative estimate of drug-likeness (QED) is 0.571. The third kappa shape index (κ3) is 6.62. The fourth-order valence-corrected chi connectivity index (χ4v) is 1.60. The van der Waals surface area contributed by atoms with Crippen LogP contribution in [0, 0.1) is 5.92 Å². The molecule has 0 saturated heterocycles. The van der Waals surface area contributed by atoms with E-state index in [9.17, 15) is 4.79 Å². The average Bonchev–Trinajstić information content (AvgIpc) is 2.16. The van der Waals surface area contributed by atoms with Crippen LogP contribution < -0.4 is 0 Å². The first-order chi connectivity index (χ1) is 6.24. The standard InChI is InChI=1S/C11H22O2/c1-4-7-10(5-2)8-6-9-11(12)13-3/h10H,4-9H2,1-3H3. The van der Waals surface area contributed by atoms with Crippen molar-refractivity contribution in [3.63, 3.8) is 0 Å². The Morgan fingerprint density at radius 1 is 1.31 bits per heavy atom. The maximum Gasteiger partial charge on any atom is 0.305 e. The minimum Gasteiger partial charge on any atom is -0.469 e. The number of ether oxygens (including phenoxy) is 1. The molecule has 0 bridgehead atoms. The van der Waals surface area contributed by atoms with Crippen molar-refractivity contribution in [1.29, 1.82) is 0 Å². The Hall–Kier alpha value is -0.530. The second kappa shape index (κ2) is 8.09. The molecule has 0 aromatic heterocycles. The summed E-state index contributed by atoms with van der Waals surface area (Å²) in [5.74, 6) is 0.723. The first-order valence-corrected chi connectivity index (χ1v) is 5.31. The third-order valence-corrected chi connectivity index (χ3v) is 2.50. The lowest BCUT2D eigenvalue weighted by Crippen LogP contribution is -2.03. The van der Waals surface area contributed by atoms with Gasteiger partial charge in [-0.15, -0.1) is 0 Å². The number of carbonyl (C=O) groups is 1. The number of rotatable bonds is 7. The summed E-state index contributed by atoms with van der Waals surface area (Å²) in [5, 5.41) is 0. The van der Waals surface area contributed by atoms with Gasteiger partial charge in [0.05, 0.1) is 7.11 Å². The molecule has 0 rings (SSSR count). The monoisotopic (exact) mass is 186 g/mol. The van der Waals surface area contributed by atoms with Crippen molar-refractivity contribution < 1.29 is 9.53 Å². The molecule has 0 spiro atoms. The zero-order chi connectivity index (χ0) is 10.1. The Morgan fingerprint density at radius 3 is 2.46 bits per heavy atom. The number of hydrogen-bond donors (Lipinski definition) is 0. The van der Waals surface area contributed by atoms with Gasteiger partial charge in [0.1, 0.15) is 0 Å². The van der Waals surface area contributed by atoms with Crippen LogP contribution in [0.4, 0.5) is 0 Å². The summed E-state index contributed by atoms with van der Waals surface area (Å²) < 4.78 is 4.59. The van der Waals surface area contributed by atoms with Crippen LogP contribution >= 0.6 is 0 Å². The molecule has 1 atom stereocenters. The van der Waals surface area contributed by atoms with Gasteiger partial charge >= 0.3 is 5.97 Å². The van der Waals surface area contributed by atoms with Gasteiger partial charge in [0.15, 0.2) is 0 Å². The minimum atomic E-state index is -0.0775. The maximum absolute atomic E-state index is 10.8. The van der Waals surface area contributed by atoms with Gasteiger partial charge in [0, 0.05) is 6.42 Å². The zero-order valence-electron chi connectivity index (χ0n) is 9.14. The highest BCUT2D eigenvalue weighted by Crippen LogP contribution is 2.18. The Kier molecular flexibility index (Phi) is 7.76. The van der Waals surface area contributed by atoms with Crippen LogP contribution in [0.25, 0.3) is 0 Å². The van der Waals surface area contributed by atoms with E-state index in [0.29, 0.717) is 6.42 Å². The van der Waals surface area contributed by atoms with Crippen molar-refractivity contribution in [2.24, 2.45) is 5.92 Å². The lowest BCUT2D eigenvalue weighted by Gasteiger charge is -2.12. The van der Waals surface area contributed by atoms with E-state index in [-0.39, 0.29) is 5.97 Å². The van der Waals surface area contributed by atoms with E-state index in [1.807, 2.05) is 0 Å². The molecule has 0 aliphatic rings. The lowest BCUT2D eigenvalue weighted by molar-refractivity contribution is -0.140. The van der Waals surface area contributed by atoms with Crippen molar-refractivity contribution in [2.45, 2.75) is 52.4 Å². The molecule has 0 aliphatic heterocycles. The SMILES string of the molecule is CCCC(CC)CCCC(=O)OC. The van der Waals surface area contributed by atoms with E-state index >= 15 is 0 Å². The molecule has 0 heterocycles. The van der Waals surface area contributed by atoms with Crippen LogP contribution in [0.2, 0.25) is 0 Å². The second-order valence-corrected chi connectivity index (χ2v) is 3.53.